The van der Waals surface area contributed by atoms with Gasteiger partial charge in [0.05, 0.1) is 64.1 Å². The van der Waals surface area contributed by atoms with Gasteiger partial charge < -0.3 is 28.4 Å². The Kier molecular flexibility index (Phi) is 4.97. The molecule has 174 valence electrons. The van der Waals surface area contributed by atoms with Crippen molar-refractivity contribution < 1.29 is 28.4 Å². The van der Waals surface area contributed by atoms with Crippen molar-refractivity contribution in [3.05, 3.63) is 0 Å². The molecule has 3 aliphatic heterocycles. The first kappa shape index (κ1) is 20.2. The van der Waals surface area contributed by atoms with Gasteiger partial charge in [-0.3, -0.25) is 0 Å². The van der Waals surface area contributed by atoms with E-state index in [1.165, 1.54) is 19.3 Å². The van der Waals surface area contributed by atoms with Crippen LogP contribution in [0, 0.1) is 47.3 Å². The third-order valence-electron chi connectivity index (χ3n) is 10.3. The van der Waals surface area contributed by atoms with Crippen molar-refractivity contribution in [2.24, 2.45) is 47.3 Å². The summed E-state index contributed by atoms with van der Waals surface area (Å²) in [4.78, 5) is 0. The summed E-state index contributed by atoms with van der Waals surface area (Å²) in [6.07, 6.45) is 6.21. The molecule has 8 rings (SSSR count). The maximum absolute atomic E-state index is 7.28. The van der Waals surface area contributed by atoms with Crippen LogP contribution < -0.4 is 0 Å². The van der Waals surface area contributed by atoms with Gasteiger partial charge in [0.1, 0.15) is 0 Å². The zero-order valence-corrected chi connectivity index (χ0v) is 18.7. The molecule has 0 radical (unpaired) electrons. The smallest absolute Gasteiger partial charge is 0.0760 e. The molecule has 0 aromatic rings. The van der Waals surface area contributed by atoms with Crippen molar-refractivity contribution in [3.8, 4) is 0 Å². The summed E-state index contributed by atoms with van der Waals surface area (Å²) in [6, 6.07) is 0. The highest BCUT2D eigenvalue weighted by molar-refractivity contribution is 5.43. The fraction of sp³-hybridized carbons (Fsp3) is 1.00. The highest BCUT2D eigenvalue weighted by Gasteiger charge is 2.96. The molecule has 5 aliphatic carbocycles. The van der Waals surface area contributed by atoms with Crippen LogP contribution in [0.4, 0.5) is 0 Å². The van der Waals surface area contributed by atoms with Crippen LogP contribution in [-0.4, -0.2) is 77.3 Å². The van der Waals surface area contributed by atoms with E-state index in [-0.39, 0.29) is 11.2 Å². The van der Waals surface area contributed by atoms with E-state index in [0.717, 1.165) is 73.4 Å². The molecule has 10 atom stereocenters. The van der Waals surface area contributed by atoms with Crippen LogP contribution in [0.2, 0.25) is 0 Å². The fourth-order valence-corrected chi connectivity index (χ4v) is 10.2. The molecule has 5 saturated carbocycles. The minimum absolute atomic E-state index is 0.204. The third kappa shape index (κ3) is 2.61. The number of hydrogen-bond acceptors (Lipinski definition) is 6. The molecule has 8 aliphatic rings. The lowest BCUT2D eigenvalue weighted by atomic mass is 9.53. The second-order valence-electron chi connectivity index (χ2n) is 11.1. The van der Waals surface area contributed by atoms with Gasteiger partial charge in [-0.25, -0.2) is 0 Å². The Morgan fingerprint density at radius 2 is 0.839 bits per heavy atom. The van der Waals surface area contributed by atoms with Crippen molar-refractivity contribution in [2.75, 3.05) is 66.1 Å². The molecule has 2 spiro atoms. The van der Waals surface area contributed by atoms with Crippen molar-refractivity contribution >= 4 is 0 Å². The van der Waals surface area contributed by atoms with Gasteiger partial charge in [-0.05, 0) is 79.4 Å². The normalized spacial score (nSPS) is 56.5. The van der Waals surface area contributed by atoms with Crippen LogP contribution in [0.1, 0.15) is 32.1 Å². The maximum Gasteiger partial charge on any atom is 0.0760 e. The quantitative estimate of drug-likeness (QED) is 0.584. The van der Waals surface area contributed by atoms with Gasteiger partial charge in [-0.2, -0.15) is 0 Å². The molecular weight excluding hydrogens is 396 g/mol. The zero-order chi connectivity index (χ0) is 20.5. The standard InChI is InChI=1S/C25H38O6/c1-3-24-20-16-15-17-19-18(16)22(24)23(19)25(31-24,21(17)20)4-2-6-27-8-10-29-12-14-30-13-11-28-9-7-26-5-1/h16-23H,1-15H2/t16-,17+,18+,19-,20+,21-,22+,23-,24-,25+. The number of hydrogen-bond donors (Lipinski definition) is 0. The largest absolute Gasteiger partial charge is 0.379 e. The van der Waals surface area contributed by atoms with Crippen molar-refractivity contribution in [2.45, 2.75) is 43.3 Å². The Bertz CT molecular complexity index is 629. The highest BCUT2D eigenvalue weighted by Crippen LogP contribution is 2.94. The Morgan fingerprint density at radius 1 is 0.452 bits per heavy atom. The Hall–Kier alpha value is -0.240. The monoisotopic (exact) mass is 434 g/mol. The molecule has 4 bridgehead atoms. The van der Waals surface area contributed by atoms with E-state index in [9.17, 15) is 0 Å². The van der Waals surface area contributed by atoms with E-state index < -0.39 is 0 Å². The Morgan fingerprint density at radius 3 is 1.26 bits per heavy atom. The first-order valence-corrected chi connectivity index (χ1v) is 13.0. The molecule has 0 aromatic heterocycles. The second-order valence-corrected chi connectivity index (χ2v) is 11.1. The average Bonchev–Trinajstić information content (AvgIpc) is 3.42. The minimum Gasteiger partial charge on any atom is -0.379 e. The summed E-state index contributed by atoms with van der Waals surface area (Å²) in [7, 11) is 0. The molecule has 31 heavy (non-hydrogen) atoms. The van der Waals surface area contributed by atoms with Crippen molar-refractivity contribution in [3.63, 3.8) is 0 Å². The predicted octanol–water partition coefficient (Wildman–Crippen LogP) is 2.54. The summed E-state index contributed by atoms with van der Waals surface area (Å²) in [5.41, 5.74) is 0.407. The summed E-state index contributed by atoms with van der Waals surface area (Å²) in [6.45, 7) is 6.75. The SMILES string of the molecule is C1COCCOCCOCCOCCOCCC[C@]23O[C@@]4(C1)[C@@H]1[C@H]5C[C@H]([C@H]6[C@@H]5[C@@H]4[C@H]62)[C@@H]13. The Balaban J connectivity index is 1.02. The van der Waals surface area contributed by atoms with Gasteiger partial charge >= 0.3 is 0 Å². The van der Waals surface area contributed by atoms with E-state index in [1.54, 1.807) is 0 Å². The first-order valence-electron chi connectivity index (χ1n) is 13.0. The lowest BCUT2D eigenvalue weighted by molar-refractivity contribution is -0.0862. The van der Waals surface area contributed by atoms with E-state index in [0.29, 0.717) is 52.9 Å². The van der Waals surface area contributed by atoms with Gasteiger partial charge in [-0.15, -0.1) is 0 Å². The van der Waals surface area contributed by atoms with Gasteiger partial charge in [-0.1, -0.05) is 0 Å². The molecule has 3 saturated heterocycles. The van der Waals surface area contributed by atoms with E-state index >= 15 is 0 Å². The predicted molar refractivity (Wildman–Crippen MR) is 112 cm³/mol. The number of ether oxygens (including phenoxy) is 6. The lowest BCUT2D eigenvalue weighted by Gasteiger charge is -2.48. The molecule has 8 fully saturated rings. The molecule has 0 N–H and O–H groups in total. The summed E-state index contributed by atoms with van der Waals surface area (Å²) in [5.74, 6) is 7.48. The molecular formula is C25H38O6. The van der Waals surface area contributed by atoms with Crippen LogP contribution in [0.15, 0.2) is 0 Å². The minimum atomic E-state index is 0.204. The molecule has 6 nitrogen and oxygen atoms in total. The first-order chi connectivity index (χ1) is 15.4. The van der Waals surface area contributed by atoms with E-state index in [2.05, 4.69) is 0 Å². The Labute approximate surface area is 185 Å². The van der Waals surface area contributed by atoms with Crippen LogP contribution in [0.3, 0.4) is 0 Å². The van der Waals surface area contributed by atoms with Crippen molar-refractivity contribution in [1.29, 1.82) is 0 Å². The fourth-order valence-electron chi connectivity index (χ4n) is 10.2. The van der Waals surface area contributed by atoms with E-state index in [1.807, 2.05) is 0 Å². The third-order valence-corrected chi connectivity index (χ3v) is 10.3. The van der Waals surface area contributed by atoms with Gasteiger partial charge in [0, 0.05) is 13.2 Å². The summed E-state index contributed by atoms with van der Waals surface area (Å²) >= 11 is 0. The second kappa shape index (κ2) is 7.64. The van der Waals surface area contributed by atoms with Gasteiger partial charge in [0.15, 0.2) is 0 Å². The summed E-state index contributed by atoms with van der Waals surface area (Å²) < 4.78 is 35.8. The van der Waals surface area contributed by atoms with Crippen LogP contribution in [0.25, 0.3) is 0 Å². The van der Waals surface area contributed by atoms with Crippen LogP contribution in [0.5, 0.6) is 0 Å². The number of rotatable bonds is 0. The van der Waals surface area contributed by atoms with E-state index in [4.69, 9.17) is 28.4 Å². The molecule has 0 unspecified atom stereocenters. The lowest BCUT2D eigenvalue weighted by Crippen LogP contribution is -2.51. The molecule has 0 amide bonds. The van der Waals surface area contributed by atoms with Gasteiger partial charge in [0.25, 0.3) is 0 Å². The average molecular weight is 435 g/mol. The van der Waals surface area contributed by atoms with Crippen molar-refractivity contribution in [1.82, 2.24) is 0 Å². The molecule has 3 heterocycles. The topological polar surface area (TPSA) is 55.4 Å². The summed E-state index contributed by atoms with van der Waals surface area (Å²) in [5, 5.41) is 0. The maximum atomic E-state index is 7.28. The zero-order valence-electron chi connectivity index (χ0n) is 18.7. The van der Waals surface area contributed by atoms with Crippen LogP contribution in [-0.2, 0) is 28.4 Å². The highest BCUT2D eigenvalue weighted by atomic mass is 16.6. The van der Waals surface area contributed by atoms with Gasteiger partial charge in [0.2, 0.25) is 0 Å². The van der Waals surface area contributed by atoms with Crippen LogP contribution >= 0.6 is 0 Å². The molecule has 6 heteroatoms. The molecule has 0 aromatic carbocycles.